The number of ether oxygens (including phenoxy) is 1. The summed E-state index contributed by atoms with van der Waals surface area (Å²) in [6.07, 6.45) is 1.67. The summed E-state index contributed by atoms with van der Waals surface area (Å²) >= 11 is 0. The molecule has 0 spiro atoms. The Labute approximate surface area is 105 Å². The smallest absolute Gasteiger partial charge is 0.241 e. The summed E-state index contributed by atoms with van der Waals surface area (Å²) in [7, 11) is 0. The number of rotatable bonds is 2. The van der Waals surface area contributed by atoms with Gasteiger partial charge in [0.05, 0.1) is 28.7 Å². The quantitative estimate of drug-likeness (QED) is 0.814. The van der Waals surface area contributed by atoms with Gasteiger partial charge in [0.15, 0.2) is 5.75 Å². The molecule has 2 N–H and O–H groups in total. The molecule has 1 aromatic heterocycles. The fraction of sp³-hybridized carbons (Fsp3) is 0.154. The first kappa shape index (κ1) is 11.9. The van der Waals surface area contributed by atoms with E-state index in [-0.39, 0.29) is 0 Å². The van der Waals surface area contributed by atoms with Crippen LogP contribution >= 0.6 is 0 Å². The van der Waals surface area contributed by atoms with E-state index in [9.17, 15) is 0 Å². The first-order valence-electron chi connectivity index (χ1n) is 5.38. The Hall–Kier alpha value is -2.61. The van der Waals surface area contributed by atoms with Gasteiger partial charge >= 0.3 is 0 Å². The zero-order valence-corrected chi connectivity index (χ0v) is 10.1. The lowest BCUT2D eigenvalue weighted by Crippen LogP contribution is -1.98. The van der Waals surface area contributed by atoms with Crippen molar-refractivity contribution in [1.82, 2.24) is 9.97 Å². The average Bonchev–Trinajstić information content (AvgIpc) is 2.36. The second-order valence-corrected chi connectivity index (χ2v) is 3.87. The highest BCUT2D eigenvalue weighted by molar-refractivity contribution is 5.57. The van der Waals surface area contributed by atoms with E-state index in [4.69, 9.17) is 15.7 Å². The molecule has 0 aliphatic heterocycles. The van der Waals surface area contributed by atoms with Crippen molar-refractivity contribution >= 4 is 5.69 Å². The molecule has 0 radical (unpaired) electrons. The number of hydrogen-bond acceptors (Lipinski definition) is 5. The van der Waals surface area contributed by atoms with Gasteiger partial charge in [-0.3, -0.25) is 4.98 Å². The lowest BCUT2D eigenvalue weighted by molar-refractivity contribution is 0.456. The van der Waals surface area contributed by atoms with E-state index in [2.05, 4.69) is 9.97 Å². The number of nitrogens with two attached hydrogens (primary N) is 1. The highest BCUT2D eigenvalue weighted by Gasteiger charge is 2.08. The van der Waals surface area contributed by atoms with Gasteiger partial charge in [-0.05, 0) is 32.0 Å². The normalized spacial score (nSPS) is 9.83. The highest BCUT2D eigenvalue weighted by atomic mass is 16.5. The largest absolute Gasteiger partial charge is 0.435 e. The molecule has 0 aliphatic rings. The van der Waals surface area contributed by atoms with Crippen LogP contribution in [0, 0.1) is 25.2 Å². The molecular weight excluding hydrogens is 228 g/mol. The number of benzene rings is 1. The molecule has 2 aromatic rings. The van der Waals surface area contributed by atoms with Crippen molar-refractivity contribution in [3.8, 4) is 17.7 Å². The maximum absolute atomic E-state index is 8.75. The van der Waals surface area contributed by atoms with E-state index in [0.29, 0.717) is 28.6 Å². The molecule has 0 atom stereocenters. The van der Waals surface area contributed by atoms with Crippen molar-refractivity contribution in [2.75, 3.05) is 5.73 Å². The minimum Gasteiger partial charge on any atom is -0.435 e. The van der Waals surface area contributed by atoms with E-state index >= 15 is 0 Å². The van der Waals surface area contributed by atoms with Crippen LogP contribution in [0.3, 0.4) is 0 Å². The molecule has 2 rings (SSSR count). The number of aromatic nitrogens is 2. The summed E-state index contributed by atoms with van der Waals surface area (Å²) in [5, 5.41) is 8.75. The van der Waals surface area contributed by atoms with E-state index in [0.717, 1.165) is 5.69 Å². The van der Waals surface area contributed by atoms with Crippen LogP contribution in [0.5, 0.6) is 11.6 Å². The van der Waals surface area contributed by atoms with Gasteiger partial charge in [0.1, 0.15) is 0 Å². The van der Waals surface area contributed by atoms with E-state index in [1.165, 1.54) is 0 Å². The third-order valence-electron chi connectivity index (χ3n) is 2.38. The number of nitriles is 1. The van der Waals surface area contributed by atoms with Crippen LogP contribution in [0.2, 0.25) is 0 Å². The van der Waals surface area contributed by atoms with Crippen molar-refractivity contribution in [1.29, 1.82) is 5.26 Å². The lowest BCUT2D eigenvalue weighted by atomic mass is 10.2. The molecule has 0 saturated heterocycles. The molecule has 0 amide bonds. The van der Waals surface area contributed by atoms with Crippen LogP contribution in [-0.4, -0.2) is 9.97 Å². The summed E-state index contributed by atoms with van der Waals surface area (Å²) in [5.41, 5.74) is 8.15. The Kier molecular flexibility index (Phi) is 3.11. The monoisotopic (exact) mass is 240 g/mol. The molecule has 0 aliphatic carbocycles. The van der Waals surface area contributed by atoms with Crippen LogP contribution < -0.4 is 10.5 Å². The molecule has 5 nitrogen and oxygen atoms in total. The average molecular weight is 240 g/mol. The minimum absolute atomic E-state index is 0.400. The molecule has 0 saturated carbocycles. The summed E-state index contributed by atoms with van der Waals surface area (Å²) in [6.45, 7) is 3.64. The molecule has 5 heteroatoms. The second kappa shape index (κ2) is 4.72. The van der Waals surface area contributed by atoms with Gasteiger partial charge in [0.25, 0.3) is 0 Å². The number of anilines is 1. The van der Waals surface area contributed by atoms with Gasteiger partial charge in [-0.2, -0.15) is 5.26 Å². The summed E-state index contributed by atoms with van der Waals surface area (Å²) < 4.78 is 5.61. The fourth-order valence-electron chi connectivity index (χ4n) is 1.43. The summed E-state index contributed by atoms with van der Waals surface area (Å²) in [5.74, 6) is 0.892. The third-order valence-corrected chi connectivity index (χ3v) is 2.38. The van der Waals surface area contributed by atoms with Crippen LogP contribution in [0.25, 0.3) is 0 Å². The second-order valence-electron chi connectivity index (χ2n) is 3.87. The molecule has 90 valence electrons. The predicted molar refractivity (Wildman–Crippen MR) is 67.1 cm³/mol. The first-order chi connectivity index (χ1) is 8.60. The Balaban J connectivity index is 2.34. The molecule has 0 unspecified atom stereocenters. The Bertz CT molecular complexity index is 631. The topological polar surface area (TPSA) is 84.8 Å². The first-order valence-corrected chi connectivity index (χ1v) is 5.38. The van der Waals surface area contributed by atoms with Gasteiger partial charge in [0.2, 0.25) is 5.88 Å². The number of aryl methyl sites for hydroxylation is 2. The van der Waals surface area contributed by atoms with Gasteiger partial charge < -0.3 is 10.5 Å². The number of nitrogen functional groups attached to an aromatic ring is 1. The van der Waals surface area contributed by atoms with Gasteiger partial charge in [-0.25, -0.2) is 4.98 Å². The number of hydrogen-bond donors (Lipinski definition) is 1. The number of nitrogens with zero attached hydrogens (tertiary/aromatic N) is 3. The minimum atomic E-state index is 0.400. The van der Waals surface area contributed by atoms with Crippen LogP contribution in [-0.2, 0) is 0 Å². The van der Waals surface area contributed by atoms with Crippen LogP contribution in [0.1, 0.15) is 17.0 Å². The summed E-state index contributed by atoms with van der Waals surface area (Å²) in [6, 6.07) is 6.87. The fourth-order valence-corrected chi connectivity index (χ4v) is 1.43. The molecule has 1 heterocycles. The van der Waals surface area contributed by atoms with Gasteiger partial charge in [0, 0.05) is 6.20 Å². The Morgan fingerprint density at radius 3 is 2.78 bits per heavy atom. The van der Waals surface area contributed by atoms with Crippen molar-refractivity contribution in [2.24, 2.45) is 0 Å². The molecular formula is C13H12N4O. The van der Waals surface area contributed by atoms with Crippen LogP contribution in [0.15, 0.2) is 24.4 Å². The van der Waals surface area contributed by atoms with Crippen molar-refractivity contribution in [3.63, 3.8) is 0 Å². The van der Waals surface area contributed by atoms with Gasteiger partial charge in [-0.1, -0.05) is 0 Å². The molecule has 1 aromatic carbocycles. The Morgan fingerprint density at radius 2 is 2.11 bits per heavy atom. The van der Waals surface area contributed by atoms with E-state index in [1.54, 1.807) is 24.4 Å². The van der Waals surface area contributed by atoms with Crippen molar-refractivity contribution in [2.45, 2.75) is 13.8 Å². The zero-order valence-electron chi connectivity index (χ0n) is 10.1. The van der Waals surface area contributed by atoms with E-state index < -0.39 is 0 Å². The zero-order chi connectivity index (χ0) is 13.1. The van der Waals surface area contributed by atoms with Gasteiger partial charge in [-0.15, -0.1) is 0 Å². The molecule has 0 fully saturated rings. The SMILES string of the molecule is Cc1cnc(C)c(Oc2ccc(C#N)cc2N)n1. The maximum Gasteiger partial charge on any atom is 0.241 e. The summed E-state index contributed by atoms with van der Waals surface area (Å²) in [4.78, 5) is 8.40. The maximum atomic E-state index is 8.75. The molecule has 0 bridgehead atoms. The van der Waals surface area contributed by atoms with Crippen LogP contribution in [0.4, 0.5) is 5.69 Å². The Morgan fingerprint density at radius 1 is 1.33 bits per heavy atom. The van der Waals surface area contributed by atoms with Crippen molar-refractivity contribution < 1.29 is 4.74 Å². The lowest BCUT2D eigenvalue weighted by Gasteiger charge is -2.09. The highest BCUT2D eigenvalue weighted by Crippen LogP contribution is 2.28. The van der Waals surface area contributed by atoms with E-state index in [1.807, 2.05) is 19.9 Å². The van der Waals surface area contributed by atoms with Crippen molar-refractivity contribution in [3.05, 3.63) is 41.3 Å². The predicted octanol–water partition coefficient (Wildman–Crippen LogP) is 2.34. The standard InChI is InChI=1S/C13H12N4O/c1-8-7-16-9(2)13(17-8)18-12-4-3-10(6-14)5-11(12)15/h3-5,7H,15H2,1-2H3. The third kappa shape index (κ3) is 2.38. The molecule has 18 heavy (non-hydrogen) atoms.